The molecule has 0 radical (unpaired) electrons. The number of thiophene rings is 1. The second-order valence-electron chi connectivity index (χ2n) is 4.98. The third-order valence-electron chi connectivity index (χ3n) is 3.70. The number of anilines is 1. The zero-order valence-electron chi connectivity index (χ0n) is 11.7. The van der Waals surface area contributed by atoms with Crippen molar-refractivity contribution >= 4 is 28.8 Å². The summed E-state index contributed by atoms with van der Waals surface area (Å²) in [4.78, 5) is 27.4. The molecule has 0 fully saturated rings. The number of carbonyl (C=O) groups excluding carboxylic acids is 2. The molecule has 1 aliphatic heterocycles. The smallest absolute Gasteiger partial charge is 0.243 e. The van der Waals surface area contributed by atoms with Gasteiger partial charge in [-0.3, -0.25) is 14.5 Å². The number of hydrogen-bond donors (Lipinski definition) is 1. The first-order valence-corrected chi connectivity index (χ1v) is 7.72. The molecule has 0 saturated heterocycles. The van der Waals surface area contributed by atoms with E-state index in [1.807, 2.05) is 41.8 Å². The van der Waals surface area contributed by atoms with E-state index in [2.05, 4.69) is 5.32 Å². The van der Waals surface area contributed by atoms with Crippen molar-refractivity contribution in [2.45, 2.75) is 18.9 Å². The Hall–Kier alpha value is -2.14. The van der Waals surface area contributed by atoms with Crippen LogP contribution >= 0.6 is 11.3 Å². The van der Waals surface area contributed by atoms with Gasteiger partial charge in [-0.1, -0.05) is 24.3 Å². The van der Waals surface area contributed by atoms with Crippen molar-refractivity contribution < 1.29 is 9.59 Å². The number of nitrogens with one attached hydrogen (secondary N) is 1. The lowest BCUT2D eigenvalue weighted by molar-refractivity contribution is -0.125. The largest absolute Gasteiger partial charge is 0.357 e. The maximum absolute atomic E-state index is 12.7. The van der Waals surface area contributed by atoms with Gasteiger partial charge in [0, 0.05) is 24.0 Å². The molecule has 2 amide bonds. The molecule has 0 bridgehead atoms. The monoisotopic (exact) mass is 300 g/mol. The van der Waals surface area contributed by atoms with Crippen LogP contribution in [0.5, 0.6) is 0 Å². The predicted molar refractivity (Wildman–Crippen MR) is 83.5 cm³/mol. The van der Waals surface area contributed by atoms with E-state index in [1.165, 1.54) is 0 Å². The van der Waals surface area contributed by atoms with Crippen LogP contribution in [0.3, 0.4) is 0 Å². The van der Waals surface area contributed by atoms with E-state index in [0.29, 0.717) is 12.8 Å². The van der Waals surface area contributed by atoms with Crippen molar-refractivity contribution in [3.8, 4) is 0 Å². The SMILES string of the molecule is CNC(=O)C1Cc2ccccc2N1C(=O)Cc1cccs1. The molecule has 1 aromatic carbocycles. The Morgan fingerprint density at radius 2 is 2.10 bits per heavy atom. The van der Waals surface area contributed by atoms with E-state index in [-0.39, 0.29) is 11.8 Å². The molecule has 108 valence electrons. The van der Waals surface area contributed by atoms with Crippen molar-refractivity contribution in [3.05, 3.63) is 52.2 Å². The van der Waals surface area contributed by atoms with Crippen molar-refractivity contribution in [3.63, 3.8) is 0 Å². The predicted octanol–water partition coefficient (Wildman–Crippen LogP) is 1.99. The summed E-state index contributed by atoms with van der Waals surface area (Å²) in [5, 5.41) is 4.61. The molecule has 0 spiro atoms. The van der Waals surface area contributed by atoms with Gasteiger partial charge in [0.1, 0.15) is 6.04 Å². The fraction of sp³-hybridized carbons (Fsp3) is 0.250. The number of para-hydroxylation sites is 1. The number of carbonyl (C=O) groups is 2. The van der Waals surface area contributed by atoms with Crippen LogP contribution in [-0.2, 0) is 22.4 Å². The molecule has 1 unspecified atom stereocenters. The fourth-order valence-electron chi connectivity index (χ4n) is 2.72. The lowest BCUT2D eigenvalue weighted by atomic mass is 10.1. The van der Waals surface area contributed by atoms with Gasteiger partial charge in [0.2, 0.25) is 11.8 Å². The van der Waals surface area contributed by atoms with Gasteiger partial charge in [-0.05, 0) is 23.1 Å². The highest BCUT2D eigenvalue weighted by Crippen LogP contribution is 2.32. The van der Waals surface area contributed by atoms with E-state index in [1.54, 1.807) is 23.3 Å². The van der Waals surface area contributed by atoms with Crippen LogP contribution in [0.4, 0.5) is 5.69 Å². The molecule has 21 heavy (non-hydrogen) atoms. The summed E-state index contributed by atoms with van der Waals surface area (Å²) in [5.74, 6) is -0.151. The maximum atomic E-state index is 12.7. The lowest BCUT2D eigenvalue weighted by Gasteiger charge is -2.24. The number of benzene rings is 1. The molecule has 3 rings (SSSR count). The molecule has 5 heteroatoms. The van der Waals surface area contributed by atoms with Crippen LogP contribution < -0.4 is 10.2 Å². The number of amides is 2. The van der Waals surface area contributed by atoms with Crippen LogP contribution in [0.2, 0.25) is 0 Å². The Balaban J connectivity index is 1.91. The average Bonchev–Trinajstić information content (AvgIpc) is 3.12. The van der Waals surface area contributed by atoms with E-state index in [0.717, 1.165) is 16.1 Å². The molecule has 4 nitrogen and oxygen atoms in total. The summed E-state index contributed by atoms with van der Waals surface area (Å²) < 4.78 is 0. The highest BCUT2D eigenvalue weighted by atomic mass is 32.1. The minimum atomic E-state index is -0.445. The summed E-state index contributed by atoms with van der Waals surface area (Å²) in [6.45, 7) is 0. The van der Waals surface area contributed by atoms with E-state index in [9.17, 15) is 9.59 Å². The maximum Gasteiger partial charge on any atom is 0.243 e. The first kappa shape index (κ1) is 13.8. The topological polar surface area (TPSA) is 49.4 Å². The van der Waals surface area contributed by atoms with Gasteiger partial charge >= 0.3 is 0 Å². The van der Waals surface area contributed by atoms with E-state index >= 15 is 0 Å². The normalized spacial score (nSPS) is 16.6. The number of hydrogen-bond acceptors (Lipinski definition) is 3. The Kier molecular flexibility index (Phi) is 3.75. The van der Waals surface area contributed by atoms with Crippen molar-refractivity contribution in [2.24, 2.45) is 0 Å². The van der Waals surface area contributed by atoms with E-state index in [4.69, 9.17) is 0 Å². The van der Waals surface area contributed by atoms with Crippen molar-refractivity contribution in [2.75, 3.05) is 11.9 Å². The zero-order chi connectivity index (χ0) is 14.8. The van der Waals surface area contributed by atoms with Crippen LogP contribution in [0.25, 0.3) is 0 Å². The van der Waals surface area contributed by atoms with Gasteiger partial charge in [-0.2, -0.15) is 0 Å². The van der Waals surface area contributed by atoms with Gasteiger partial charge < -0.3 is 5.32 Å². The molecular weight excluding hydrogens is 284 g/mol. The Morgan fingerprint density at radius 3 is 2.81 bits per heavy atom. The van der Waals surface area contributed by atoms with Gasteiger partial charge in [0.15, 0.2) is 0 Å². The van der Waals surface area contributed by atoms with Gasteiger partial charge in [-0.15, -0.1) is 11.3 Å². The summed E-state index contributed by atoms with van der Waals surface area (Å²) in [5.41, 5.74) is 1.90. The molecule has 2 heterocycles. The summed E-state index contributed by atoms with van der Waals surface area (Å²) in [7, 11) is 1.60. The standard InChI is InChI=1S/C16H16N2O2S/c1-17-16(20)14-9-11-5-2-3-7-13(11)18(14)15(19)10-12-6-4-8-21-12/h2-8,14H,9-10H2,1H3,(H,17,20). The van der Waals surface area contributed by atoms with E-state index < -0.39 is 6.04 Å². The highest BCUT2D eigenvalue weighted by molar-refractivity contribution is 7.10. The quantitative estimate of drug-likeness (QED) is 0.942. The molecule has 2 aromatic rings. The van der Waals surface area contributed by atoms with Gasteiger partial charge in [0.25, 0.3) is 0 Å². The Labute approximate surface area is 127 Å². The van der Waals surface area contributed by atoms with Crippen LogP contribution in [0.15, 0.2) is 41.8 Å². The molecule has 1 aliphatic rings. The van der Waals surface area contributed by atoms with Gasteiger partial charge in [0.05, 0.1) is 6.42 Å². The Morgan fingerprint density at radius 1 is 1.29 bits per heavy atom. The summed E-state index contributed by atoms with van der Waals surface area (Å²) in [6.07, 6.45) is 0.908. The Bertz CT molecular complexity index is 667. The molecule has 1 aromatic heterocycles. The first-order valence-electron chi connectivity index (χ1n) is 6.84. The third-order valence-corrected chi connectivity index (χ3v) is 4.58. The number of nitrogens with zero attached hydrogens (tertiary/aromatic N) is 1. The number of rotatable bonds is 3. The second-order valence-corrected chi connectivity index (χ2v) is 6.02. The second kappa shape index (κ2) is 5.69. The van der Waals surface area contributed by atoms with Crippen molar-refractivity contribution in [1.29, 1.82) is 0 Å². The molecule has 1 atom stereocenters. The lowest BCUT2D eigenvalue weighted by Crippen LogP contribution is -2.47. The number of likely N-dealkylation sites (N-methyl/N-ethyl adjacent to an activating group) is 1. The minimum Gasteiger partial charge on any atom is -0.357 e. The molecular formula is C16H16N2O2S. The average molecular weight is 300 g/mol. The summed E-state index contributed by atoms with van der Waals surface area (Å²) in [6, 6.07) is 11.2. The molecule has 1 N–H and O–H groups in total. The molecule has 0 saturated carbocycles. The van der Waals surface area contributed by atoms with Gasteiger partial charge in [-0.25, -0.2) is 0 Å². The summed E-state index contributed by atoms with van der Waals surface area (Å²) >= 11 is 1.56. The van der Waals surface area contributed by atoms with Crippen molar-refractivity contribution in [1.82, 2.24) is 5.32 Å². The fourth-order valence-corrected chi connectivity index (χ4v) is 3.41. The van der Waals surface area contributed by atoms with Crippen LogP contribution in [-0.4, -0.2) is 24.9 Å². The van der Waals surface area contributed by atoms with Crippen LogP contribution in [0, 0.1) is 0 Å². The molecule has 0 aliphatic carbocycles. The zero-order valence-corrected chi connectivity index (χ0v) is 12.5. The third kappa shape index (κ3) is 2.56. The number of fused-ring (bicyclic) bond motifs is 1. The van der Waals surface area contributed by atoms with Crippen LogP contribution in [0.1, 0.15) is 10.4 Å². The first-order chi connectivity index (χ1) is 10.2. The minimum absolute atomic E-state index is 0.0315. The highest BCUT2D eigenvalue weighted by Gasteiger charge is 2.37.